The number of aromatic nitrogens is 3. The maximum Gasteiger partial charge on any atom is 0.265 e. The van der Waals surface area contributed by atoms with Crippen molar-refractivity contribution in [2.24, 2.45) is 0 Å². The van der Waals surface area contributed by atoms with E-state index >= 15 is 0 Å². The number of amides is 1. The largest absolute Gasteiger partial charge is 0.353 e. The highest BCUT2D eigenvalue weighted by atomic mass is 32.1. The number of hydrogen-bond acceptors (Lipinski definition) is 6. The van der Waals surface area contributed by atoms with Crippen LogP contribution in [0.25, 0.3) is 15.9 Å². The van der Waals surface area contributed by atoms with Crippen molar-refractivity contribution in [3.63, 3.8) is 0 Å². The van der Waals surface area contributed by atoms with Gasteiger partial charge in [0.1, 0.15) is 16.3 Å². The molecule has 0 radical (unpaired) electrons. The first-order chi connectivity index (χ1) is 14.0. The topological polar surface area (TPSA) is 65.8 Å². The summed E-state index contributed by atoms with van der Waals surface area (Å²) in [7, 11) is 4.21. The molecule has 1 fully saturated rings. The van der Waals surface area contributed by atoms with Gasteiger partial charge < -0.3 is 19.5 Å². The lowest BCUT2D eigenvalue weighted by Gasteiger charge is -2.43. The Kier molecular flexibility index (Phi) is 4.25. The number of thiophene rings is 1. The highest BCUT2D eigenvalue weighted by molar-refractivity contribution is 7.20. The molecule has 0 aromatic carbocycles. The van der Waals surface area contributed by atoms with Crippen LogP contribution in [0, 0.1) is 6.92 Å². The van der Waals surface area contributed by atoms with Crippen molar-refractivity contribution in [1.29, 1.82) is 0 Å². The van der Waals surface area contributed by atoms with Crippen LogP contribution in [-0.4, -0.2) is 58.4 Å². The van der Waals surface area contributed by atoms with Crippen molar-refractivity contribution in [3.05, 3.63) is 53.3 Å². The number of imidazole rings is 1. The van der Waals surface area contributed by atoms with Crippen LogP contribution in [0.2, 0.25) is 0 Å². The van der Waals surface area contributed by atoms with Crippen molar-refractivity contribution in [1.82, 2.24) is 19.3 Å². The van der Waals surface area contributed by atoms with Crippen LogP contribution in [0.5, 0.6) is 0 Å². The number of carbonyl (C=O) groups is 1. The number of anilines is 2. The van der Waals surface area contributed by atoms with Gasteiger partial charge in [0.15, 0.2) is 0 Å². The van der Waals surface area contributed by atoms with E-state index in [0.717, 1.165) is 46.2 Å². The van der Waals surface area contributed by atoms with Crippen molar-refractivity contribution in [2.45, 2.75) is 13.0 Å². The van der Waals surface area contributed by atoms with Gasteiger partial charge in [-0.2, -0.15) is 0 Å². The van der Waals surface area contributed by atoms with Gasteiger partial charge >= 0.3 is 0 Å². The Morgan fingerprint density at radius 2 is 2.00 bits per heavy atom. The van der Waals surface area contributed by atoms with E-state index in [4.69, 9.17) is 4.98 Å². The molecule has 8 heteroatoms. The fourth-order valence-electron chi connectivity index (χ4n) is 3.55. The van der Waals surface area contributed by atoms with Crippen LogP contribution >= 0.6 is 11.3 Å². The number of carbonyl (C=O) groups excluding carboxylic acids is 1. The average molecular weight is 407 g/mol. The molecule has 1 aliphatic heterocycles. The summed E-state index contributed by atoms with van der Waals surface area (Å²) in [6.45, 7) is 3.92. The second-order valence-electron chi connectivity index (χ2n) is 7.72. The fraction of sp³-hybridized carbons (Fsp3) is 0.286. The third-order valence-electron chi connectivity index (χ3n) is 5.34. The number of fused-ring (bicyclic) bond motifs is 2. The molecule has 1 aliphatic rings. The third-order valence-corrected chi connectivity index (χ3v) is 6.38. The molecule has 29 heavy (non-hydrogen) atoms. The minimum absolute atomic E-state index is 0.123. The first-order valence-electron chi connectivity index (χ1n) is 9.55. The van der Waals surface area contributed by atoms with E-state index in [-0.39, 0.29) is 5.91 Å². The standard InChI is InChI=1S/C21H22N6OS/c1-13-9-26-10-15(5-7-18(26)22-13)23-20(28)17-8-14-4-6-19(24-21(14)29-17)27-11-16(12-27)25(2)3/h4-10,16H,11-12H2,1-3H3,(H,23,28). The summed E-state index contributed by atoms with van der Waals surface area (Å²) in [5.74, 6) is 0.854. The molecule has 1 amide bonds. The van der Waals surface area contributed by atoms with Gasteiger partial charge in [0.25, 0.3) is 5.91 Å². The summed E-state index contributed by atoms with van der Waals surface area (Å²) in [5.41, 5.74) is 2.54. The molecule has 4 aromatic rings. The molecule has 0 aliphatic carbocycles. The third kappa shape index (κ3) is 3.34. The Hall–Kier alpha value is -2.97. The van der Waals surface area contributed by atoms with Crippen LogP contribution in [0.3, 0.4) is 0 Å². The molecule has 5 heterocycles. The summed E-state index contributed by atoms with van der Waals surface area (Å²) in [4.78, 5) is 28.0. The summed E-state index contributed by atoms with van der Waals surface area (Å²) < 4.78 is 1.91. The Balaban J connectivity index is 1.34. The van der Waals surface area contributed by atoms with Gasteiger partial charge in [0, 0.05) is 36.9 Å². The first-order valence-corrected chi connectivity index (χ1v) is 10.4. The normalized spacial score (nSPS) is 14.7. The molecule has 148 valence electrons. The molecule has 0 atom stereocenters. The number of rotatable bonds is 4. The van der Waals surface area contributed by atoms with Gasteiger partial charge in [0.05, 0.1) is 16.3 Å². The van der Waals surface area contributed by atoms with Crippen molar-refractivity contribution >= 4 is 44.6 Å². The zero-order chi connectivity index (χ0) is 20.1. The zero-order valence-corrected chi connectivity index (χ0v) is 17.4. The molecule has 5 rings (SSSR count). The molecular weight excluding hydrogens is 384 g/mol. The molecule has 7 nitrogen and oxygen atoms in total. The highest BCUT2D eigenvalue weighted by Crippen LogP contribution is 2.29. The van der Waals surface area contributed by atoms with Crippen LogP contribution in [0.1, 0.15) is 15.4 Å². The second kappa shape index (κ2) is 6.82. The smallest absolute Gasteiger partial charge is 0.265 e. The van der Waals surface area contributed by atoms with Gasteiger partial charge in [-0.15, -0.1) is 11.3 Å². The fourth-order valence-corrected chi connectivity index (χ4v) is 4.47. The van der Waals surface area contributed by atoms with Gasteiger partial charge in [0.2, 0.25) is 0 Å². The summed E-state index contributed by atoms with van der Waals surface area (Å²) in [6, 6.07) is 10.3. The van der Waals surface area contributed by atoms with Gasteiger partial charge in [-0.25, -0.2) is 9.97 Å². The van der Waals surface area contributed by atoms with E-state index in [0.29, 0.717) is 10.9 Å². The number of likely N-dealkylation sites (N-methyl/N-ethyl adjacent to an activating group) is 1. The lowest BCUT2D eigenvalue weighted by atomic mass is 10.1. The first kappa shape index (κ1) is 18.1. The number of aryl methyl sites for hydroxylation is 1. The van der Waals surface area contributed by atoms with E-state index in [1.54, 1.807) is 0 Å². The van der Waals surface area contributed by atoms with Crippen LogP contribution in [-0.2, 0) is 0 Å². The van der Waals surface area contributed by atoms with Gasteiger partial charge in [-0.3, -0.25) is 4.79 Å². The van der Waals surface area contributed by atoms with Gasteiger partial charge in [-0.05, 0) is 51.4 Å². The number of nitrogens with one attached hydrogen (secondary N) is 1. The van der Waals surface area contributed by atoms with E-state index in [2.05, 4.69) is 34.2 Å². The average Bonchev–Trinajstić information content (AvgIpc) is 3.21. The molecule has 0 saturated carbocycles. The SMILES string of the molecule is Cc1cn2cc(NC(=O)c3cc4ccc(N5CC(N(C)C)C5)nc4s3)ccc2n1. The quantitative estimate of drug-likeness (QED) is 0.564. The van der Waals surface area contributed by atoms with Gasteiger partial charge in [-0.1, -0.05) is 0 Å². The summed E-state index contributed by atoms with van der Waals surface area (Å²) >= 11 is 1.43. The predicted octanol–water partition coefficient (Wildman–Crippen LogP) is 3.25. The Labute approximate surface area is 172 Å². The Bertz CT molecular complexity index is 1220. The molecule has 0 bridgehead atoms. The lowest BCUT2D eigenvalue weighted by molar-refractivity contribution is 0.103. The van der Waals surface area contributed by atoms with E-state index in [9.17, 15) is 4.79 Å². The molecule has 0 unspecified atom stereocenters. The van der Waals surface area contributed by atoms with Crippen molar-refractivity contribution < 1.29 is 4.79 Å². The molecule has 4 aromatic heterocycles. The molecule has 0 spiro atoms. The van der Waals surface area contributed by atoms with Crippen LogP contribution in [0.15, 0.2) is 42.7 Å². The van der Waals surface area contributed by atoms with Crippen molar-refractivity contribution in [2.75, 3.05) is 37.4 Å². The number of pyridine rings is 2. The second-order valence-corrected chi connectivity index (χ2v) is 8.75. The molecular formula is C21H22N6OS. The van der Waals surface area contributed by atoms with E-state index in [1.807, 2.05) is 54.0 Å². The van der Waals surface area contributed by atoms with E-state index < -0.39 is 0 Å². The minimum Gasteiger partial charge on any atom is -0.353 e. The predicted molar refractivity (Wildman–Crippen MR) is 117 cm³/mol. The Morgan fingerprint density at radius 1 is 1.17 bits per heavy atom. The van der Waals surface area contributed by atoms with Crippen LogP contribution < -0.4 is 10.2 Å². The highest BCUT2D eigenvalue weighted by Gasteiger charge is 2.29. The van der Waals surface area contributed by atoms with Crippen LogP contribution in [0.4, 0.5) is 11.5 Å². The number of hydrogen-bond donors (Lipinski definition) is 1. The van der Waals surface area contributed by atoms with E-state index in [1.165, 1.54) is 11.3 Å². The lowest BCUT2D eigenvalue weighted by Crippen LogP contribution is -2.57. The molecule has 1 saturated heterocycles. The summed E-state index contributed by atoms with van der Waals surface area (Å²) in [5, 5.41) is 3.97. The monoisotopic (exact) mass is 406 g/mol. The number of nitrogens with zero attached hydrogens (tertiary/aromatic N) is 5. The zero-order valence-electron chi connectivity index (χ0n) is 16.6. The summed E-state index contributed by atoms with van der Waals surface area (Å²) in [6.07, 6.45) is 3.81. The minimum atomic E-state index is -0.123. The molecule has 1 N–H and O–H groups in total. The maximum atomic E-state index is 12.8. The maximum absolute atomic E-state index is 12.8. The van der Waals surface area contributed by atoms with Crippen molar-refractivity contribution in [3.8, 4) is 0 Å². The Morgan fingerprint density at radius 3 is 2.79 bits per heavy atom.